The summed E-state index contributed by atoms with van der Waals surface area (Å²) in [5.41, 5.74) is 0.0671. The summed E-state index contributed by atoms with van der Waals surface area (Å²) in [5, 5.41) is 0. The Morgan fingerprint density at radius 1 is 1.55 bits per heavy atom. The molecule has 3 heteroatoms. The van der Waals surface area contributed by atoms with Gasteiger partial charge in [-0.05, 0) is 13.8 Å². The third-order valence-electron chi connectivity index (χ3n) is 1.70. The van der Waals surface area contributed by atoms with Crippen LogP contribution in [-0.2, 0) is 13.1 Å². The highest BCUT2D eigenvalue weighted by Crippen LogP contribution is 1.75. The molecule has 0 atom stereocenters. The molecular formula is C8H13N2O+. The minimum atomic E-state index is 0.0671. The minimum Gasteiger partial charge on any atom is -0.198 e. The lowest BCUT2D eigenvalue weighted by Crippen LogP contribution is -2.52. The van der Waals surface area contributed by atoms with Crippen LogP contribution in [0.3, 0.4) is 0 Å². The fourth-order valence-electron chi connectivity index (χ4n) is 1.02. The molecular weight excluding hydrogens is 140 g/mol. The second-order valence-corrected chi connectivity index (χ2v) is 2.35. The van der Waals surface area contributed by atoms with Gasteiger partial charge in [0.2, 0.25) is 0 Å². The van der Waals surface area contributed by atoms with Crippen LogP contribution in [0.5, 0.6) is 0 Å². The largest absolute Gasteiger partial charge is 0.497 e. The monoisotopic (exact) mass is 153 g/mol. The first kappa shape index (κ1) is 7.98. The molecule has 0 bridgehead atoms. The summed E-state index contributed by atoms with van der Waals surface area (Å²) in [6, 6.07) is 1.88. The fourth-order valence-corrected chi connectivity index (χ4v) is 1.02. The summed E-state index contributed by atoms with van der Waals surface area (Å²) in [6.45, 7) is 5.39. The first-order valence-corrected chi connectivity index (χ1v) is 3.88. The molecule has 0 aliphatic rings. The van der Waals surface area contributed by atoms with E-state index in [-0.39, 0.29) is 5.69 Å². The predicted octanol–water partition coefficient (Wildman–Crippen LogP) is 0.176. The van der Waals surface area contributed by atoms with Gasteiger partial charge in [0.15, 0.2) is 0 Å². The molecule has 1 aromatic rings. The van der Waals surface area contributed by atoms with Crippen molar-refractivity contribution >= 4 is 0 Å². The van der Waals surface area contributed by atoms with E-state index in [9.17, 15) is 4.79 Å². The van der Waals surface area contributed by atoms with Crippen LogP contribution in [0, 0.1) is 0 Å². The molecule has 0 amide bonds. The summed E-state index contributed by atoms with van der Waals surface area (Å²) < 4.78 is 3.37. The predicted molar refractivity (Wildman–Crippen MR) is 42.2 cm³/mol. The Hall–Kier alpha value is -1.12. The quantitative estimate of drug-likeness (QED) is 0.556. The summed E-state index contributed by atoms with van der Waals surface area (Å²) in [5.74, 6) is 0. The minimum absolute atomic E-state index is 0.0671. The van der Waals surface area contributed by atoms with Gasteiger partial charge in [-0.1, -0.05) is 0 Å². The highest BCUT2D eigenvalue weighted by Gasteiger charge is 2.04. The van der Waals surface area contributed by atoms with Crippen LogP contribution in [0.1, 0.15) is 13.8 Å². The maximum Gasteiger partial charge on any atom is 0.497 e. The fraction of sp³-hybridized carbons (Fsp3) is 0.500. The average Bonchev–Trinajstić information content (AvgIpc) is 2.05. The molecule has 0 N–H and O–H groups in total. The summed E-state index contributed by atoms with van der Waals surface area (Å²) >= 11 is 0. The van der Waals surface area contributed by atoms with Gasteiger partial charge in [0.05, 0.1) is 25.5 Å². The Morgan fingerprint density at radius 2 is 2.27 bits per heavy atom. The molecule has 0 radical (unpaired) electrons. The van der Waals surface area contributed by atoms with Crippen molar-refractivity contribution in [1.82, 2.24) is 4.57 Å². The molecule has 1 heterocycles. The second-order valence-electron chi connectivity index (χ2n) is 2.35. The highest BCUT2D eigenvalue weighted by molar-refractivity contribution is 4.74. The molecule has 0 saturated heterocycles. The zero-order valence-electron chi connectivity index (χ0n) is 6.95. The molecule has 0 fully saturated rings. The molecule has 1 aromatic heterocycles. The van der Waals surface area contributed by atoms with Gasteiger partial charge in [-0.25, -0.2) is 0 Å². The van der Waals surface area contributed by atoms with Crippen molar-refractivity contribution < 1.29 is 4.57 Å². The van der Waals surface area contributed by atoms with Gasteiger partial charge in [-0.2, -0.15) is 13.9 Å². The van der Waals surface area contributed by atoms with Crippen LogP contribution < -0.4 is 10.3 Å². The van der Waals surface area contributed by atoms with Gasteiger partial charge >= 0.3 is 5.69 Å². The van der Waals surface area contributed by atoms with E-state index < -0.39 is 0 Å². The maximum absolute atomic E-state index is 11.4. The van der Waals surface area contributed by atoms with E-state index in [1.165, 1.54) is 0 Å². The SMILES string of the molecule is CCn1ccc[n+](CC)c1=O. The molecule has 11 heavy (non-hydrogen) atoms. The molecule has 0 aromatic carbocycles. The van der Waals surface area contributed by atoms with Crippen LogP contribution in [0.4, 0.5) is 0 Å². The van der Waals surface area contributed by atoms with Gasteiger partial charge in [0.1, 0.15) is 0 Å². The van der Waals surface area contributed by atoms with Crippen molar-refractivity contribution in [3.8, 4) is 0 Å². The second kappa shape index (κ2) is 3.32. The van der Waals surface area contributed by atoms with Gasteiger partial charge in [-0.3, -0.25) is 0 Å². The Morgan fingerprint density at radius 3 is 2.82 bits per heavy atom. The van der Waals surface area contributed by atoms with E-state index in [1.807, 2.05) is 19.9 Å². The Bertz CT molecular complexity index is 265. The third kappa shape index (κ3) is 1.48. The lowest BCUT2D eigenvalue weighted by Gasteiger charge is -1.95. The van der Waals surface area contributed by atoms with E-state index >= 15 is 0 Å². The lowest BCUT2D eigenvalue weighted by molar-refractivity contribution is -0.712. The van der Waals surface area contributed by atoms with E-state index in [2.05, 4.69) is 0 Å². The first-order valence-electron chi connectivity index (χ1n) is 3.88. The van der Waals surface area contributed by atoms with E-state index in [0.717, 1.165) is 13.1 Å². The van der Waals surface area contributed by atoms with E-state index in [4.69, 9.17) is 0 Å². The topological polar surface area (TPSA) is 25.9 Å². The first-order chi connectivity index (χ1) is 5.29. The zero-order valence-corrected chi connectivity index (χ0v) is 6.95. The van der Waals surface area contributed by atoms with E-state index in [1.54, 1.807) is 21.5 Å². The Labute approximate surface area is 65.9 Å². The summed E-state index contributed by atoms with van der Waals surface area (Å²) in [7, 11) is 0. The van der Waals surface area contributed by atoms with Gasteiger partial charge < -0.3 is 0 Å². The highest BCUT2D eigenvalue weighted by atomic mass is 16.1. The Kier molecular flexibility index (Phi) is 2.41. The van der Waals surface area contributed by atoms with Crippen molar-refractivity contribution in [2.45, 2.75) is 26.9 Å². The third-order valence-corrected chi connectivity index (χ3v) is 1.70. The molecule has 1 rings (SSSR count). The zero-order chi connectivity index (χ0) is 8.27. The molecule has 60 valence electrons. The molecule has 3 nitrogen and oxygen atoms in total. The van der Waals surface area contributed by atoms with Crippen molar-refractivity contribution in [3.63, 3.8) is 0 Å². The normalized spacial score (nSPS) is 10.0. The number of nitrogens with zero attached hydrogens (tertiary/aromatic N) is 2. The van der Waals surface area contributed by atoms with Gasteiger partial charge in [0.25, 0.3) is 0 Å². The smallest absolute Gasteiger partial charge is 0.198 e. The number of aryl methyl sites for hydroxylation is 2. The number of aromatic nitrogens is 2. The molecule has 0 saturated carbocycles. The van der Waals surface area contributed by atoms with Crippen LogP contribution in [-0.4, -0.2) is 4.57 Å². The summed E-state index contributed by atoms with van der Waals surface area (Å²) in [6.07, 6.45) is 3.60. The van der Waals surface area contributed by atoms with Crippen molar-refractivity contribution in [2.24, 2.45) is 0 Å². The van der Waals surface area contributed by atoms with Crippen molar-refractivity contribution in [2.75, 3.05) is 0 Å². The van der Waals surface area contributed by atoms with Gasteiger partial charge in [0, 0.05) is 6.07 Å². The maximum atomic E-state index is 11.4. The van der Waals surface area contributed by atoms with Gasteiger partial charge in [-0.15, -0.1) is 0 Å². The molecule has 0 unspecified atom stereocenters. The van der Waals surface area contributed by atoms with Crippen LogP contribution >= 0.6 is 0 Å². The van der Waals surface area contributed by atoms with Crippen LogP contribution in [0.25, 0.3) is 0 Å². The average molecular weight is 153 g/mol. The van der Waals surface area contributed by atoms with Crippen LogP contribution in [0.15, 0.2) is 23.3 Å². The molecule has 0 aliphatic carbocycles. The molecule has 0 spiro atoms. The summed E-state index contributed by atoms with van der Waals surface area (Å²) in [4.78, 5) is 11.4. The van der Waals surface area contributed by atoms with Crippen molar-refractivity contribution in [3.05, 3.63) is 28.9 Å². The van der Waals surface area contributed by atoms with Crippen LogP contribution in [0.2, 0.25) is 0 Å². The number of hydrogen-bond acceptors (Lipinski definition) is 1. The van der Waals surface area contributed by atoms with E-state index in [0.29, 0.717) is 0 Å². The number of hydrogen-bond donors (Lipinski definition) is 0. The Balaban J connectivity index is 3.21. The lowest BCUT2D eigenvalue weighted by atomic mass is 10.5. The van der Waals surface area contributed by atoms with Crippen molar-refractivity contribution in [1.29, 1.82) is 0 Å². The standard InChI is InChI=1S/C8H13N2O/c1-3-9-6-5-7-10(4-2)8(9)11/h5-7H,3-4H2,1-2H3/q+1. The number of rotatable bonds is 2. The molecule has 0 aliphatic heterocycles.